The lowest BCUT2D eigenvalue weighted by Crippen LogP contribution is -2.30. The molecule has 5 heteroatoms. The third-order valence-electron chi connectivity index (χ3n) is 3.14. The average molecular weight is 289 g/mol. The number of nitrogens with one attached hydrogen (secondary N) is 1. The Kier molecular flexibility index (Phi) is 5.45. The topological polar surface area (TPSA) is 21.3 Å². The van der Waals surface area contributed by atoms with E-state index in [9.17, 15) is 13.2 Å². The Hall–Kier alpha value is -1.23. The Morgan fingerprint density at radius 2 is 1.75 bits per heavy atom. The van der Waals surface area contributed by atoms with Gasteiger partial charge < -0.3 is 10.1 Å². The van der Waals surface area contributed by atoms with Gasteiger partial charge in [-0.15, -0.1) is 13.2 Å². The summed E-state index contributed by atoms with van der Waals surface area (Å²) in [6.07, 6.45) is -3.94. The first kappa shape index (κ1) is 16.8. The highest BCUT2D eigenvalue weighted by Crippen LogP contribution is 2.36. The summed E-state index contributed by atoms with van der Waals surface area (Å²) in [5, 5.41) is 3.28. The molecule has 20 heavy (non-hydrogen) atoms. The predicted octanol–water partition coefficient (Wildman–Crippen LogP) is 4.25. The highest BCUT2D eigenvalue weighted by atomic mass is 19.4. The van der Waals surface area contributed by atoms with Crippen LogP contribution in [0.4, 0.5) is 13.2 Å². The molecule has 0 aliphatic heterocycles. The lowest BCUT2D eigenvalue weighted by Gasteiger charge is -2.28. The second kappa shape index (κ2) is 6.48. The fraction of sp³-hybridized carbons (Fsp3) is 0.600. The van der Waals surface area contributed by atoms with E-state index in [4.69, 9.17) is 0 Å². The van der Waals surface area contributed by atoms with Crippen LogP contribution in [0.25, 0.3) is 0 Å². The second-order valence-corrected chi connectivity index (χ2v) is 5.79. The lowest BCUT2D eigenvalue weighted by molar-refractivity contribution is -0.275. The highest BCUT2D eigenvalue weighted by molar-refractivity contribution is 5.39. The molecule has 0 fully saturated rings. The van der Waals surface area contributed by atoms with Crippen molar-refractivity contribution in [1.29, 1.82) is 0 Å². The second-order valence-electron chi connectivity index (χ2n) is 5.79. The minimum atomic E-state index is -4.66. The van der Waals surface area contributed by atoms with Gasteiger partial charge in [-0.1, -0.05) is 45.9 Å². The summed E-state index contributed by atoms with van der Waals surface area (Å²) in [6.45, 7) is 8.66. The van der Waals surface area contributed by atoms with Crippen LogP contribution in [0.3, 0.4) is 0 Å². The van der Waals surface area contributed by atoms with Gasteiger partial charge in [0.25, 0.3) is 0 Å². The Labute approximate surface area is 118 Å². The van der Waals surface area contributed by atoms with Crippen molar-refractivity contribution >= 4 is 0 Å². The van der Waals surface area contributed by atoms with Crippen molar-refractivity contribution in [2.45, 2.75) is 51.9 Å². The van der Waals surface area contributed by atoms with E-state index in [1.807, 2.05) is 27.7 Å². The van der Waals surface area contributed by atoms with Crippen LogP contribution in [0.5, 0.6) is 5.75 Å². The van der Waals surface area contributed by atoms with E-state index in [0.717, 1.165) is 13.0 Å². The van der Waals surface area contributed by atoms with E-state index in [1.165, 1.54) is 6.07 Å². The molecule has 1 N–H and O–H groups in total. The zero-order valence-electron chi connectivity index (χ0n) is 12.3. The number of hydrogen-bond donors (Lipinski definition) is 1. The lowest BCUT2D eigenvalue weighted by atomic mass is 9.81. The molecule has 0 amide bonds. The van der Waals surface area contributed by atoms with Crippen molar-refractivity contribution < 1.29 is 17.9 Å². The number of ether oxygens (including phenoxy) is 1. The van der Waals surface area contributed by atoms with Crippen molar-refractivity contribution in [1.82, 2.24) is 5.32 Å². The first-order valence-corrected chi connectivity index (χ1v) is 6.70. The fourth-order valence-electron chi connectivity index (χ4n) is 2.05. The van der Waals surface area contributed by atoms with Gasteiger partial charge in [0, 0.05) is 11.6 Å². The molecule has 1 aromatic rings. The van der Waals surface area contributed by atoms with Crippen molar-refractivity contribution in [3.63, 3.8) is 0 Å². The Morgan fingerprint density at radius 3 is 2.30 bits per heavy atom. The molecule has 0 heterocycles. The molecule has 0 aromatic heterocycles. The van der Waals surface area contributed by atoms with E-state index in [2.05, 4.69) is 10.1 Å². The molecule has 114 valence electrons. The average Bonchev–Trinajstić information content (AvgIpc) is 2.26. The van der Waals surface area contributed by atoms with E-state index >= 15 is 0 Å². The minimum absolute atomic E-state index is 0.116. The normalized spacial score (nSPS) is 12.8. The first-order valence-electron chi connectivity index (χ1n) is 6.70. The molecule has 0 atom stereocenters. The predicted molar refractivity (Wildman–Crippen MR) is 73.9 cm³/mol. The van der Waals surface area contributed by atoms with Crippen LogP contribution >= 0.6 is 0 Å². The monoisotopic (exact) mass is 289 g/mol. The van der Waals surface area contributed by atoms with Gasteiger partial charge in [0.2, 0.25) is 0 Å². The molecule has 0 spiro atoms. The summed E-state index contributed by atoms with van der Waals surface area (Å²) in [4.78, 5) is 0. The van der Waals surface area contributed by atoms with Gasteiger partial charge in [0.05, 0.1) is 0 Å². The summed E-state index contributed by atoms with van der Waals surface area (Å²) in [5.41, 5.74) is 0.173. The third-order valence-corrected chi connectivity index (χ3v) is 3.14. The summed E-state index contributed by atoms with van der Waals surface area (Å²) < 4.78 is 41.4. The van der Waals surface area contributed by atoms with E-state index < -0.39 is 11.8 Å². The zero-order valence-corrected chi connectivity index (χ0v) is 12.3. The van der Waals surface area contributed by atoms with Gasteiger partial charge in [-0.25, -0.2) is 0 Å². The van der Waals surface area contributed by atoms with Crippen molar-refractivity contribution in [3.8, 4) is 5.75 Å². The SMILES string of the molecule is CC(C)NCCC(C)(C)c1ccccc1OC(F)(F)F. The number of rotatable bonds is 6. The van der Waals surface area contributed by atoms with Crippen LogP contribution in [0, 0.1) is 0 Å². The molecular formula is C15H22F3NO. The number of halogens is 3. The maximum Gasteiger partial charge on any atom is 0.573 e. The molecule has 0 radical (unpaired) electrons. The van der Waals surface area contributed by atoms with Gasteiger partial charge >= 0.3 is 6.36 Å². The molecule has 0 unspecified atom stereocenters. The van der Waals surface area contributed by atoms with Crippen LogP contribution in [0.2, 0.25) is 0 Å². The zero-order chi connectivity index (χ0) is 15.4. The van der Waals surface area contributed by atoms with Crippen molar-refractivity contribution in [2.75, 3.05) is 6.54 Å². The minimum Gasteiger partial charge on any atom is -0.405 e. The molecule has 0 saturated heterocycles. The van der Waals surface area contributed by atoms with Gasteiger partial charge in [-0.2, -0.15) is 0 Å². The van der Waals surface area contributed by atoms with Crippen molar-refractivity contribution in [3.05, 3.63) is 29.8 Å². The standard InChI is InChI=1S/C15H22F3NO/c1-11(2)19-10-9-14(3,4)12-7-5-6-8-13(12)20-15(16,17)18/h5-8,11,19H,9-10H2,1-4H3. The molecule has 2 nitrogen and oxygen atoms in total. The van der Waals surface area contributed by atoms with E-state index in [1.54, 1.807) is 18.2 Å². The summed E-state index contributed by atoms with van der Waals surface area (Å²) >= 11 is 0. The quantitative estimate of drug-likeness (QED) is 0.845. The number of para-hydroxylation sites is 1. The van der Waals surface area contributed by atoms with Gasteiger partial charge in [-0.05, 0) is 24.4 Å². The smallest absolute Gasteiger partial charge is 0.405 e. The number of hydrogen-bond acceptors (Lipinski definition) is 2. The largest absolute Gasteiger partial charge is 0.573 e. The number of benzene rings is 1. The molecular weight excluding hydrogens is 267 g/mol. The summed E-state index contributed by atoms with van der Waals surface area (Å²) in [6, 6.07) is 6.69. The van der Waals surface area contributed by atoms with Crippen LogP contribution in [-0.4, -0.2) is 18.9 Å². The molecule has 0 saturated carbocycles. The van der Waals surface area contributed by atoms with Crippen molar-refractivity contribution in [2.24, 2.45) is 0 Å². The Morgan fingerprint density at radius 1 is 1.15 bits per heavy atom. The first-order chi connectivity index (χ1) is 9.12. The van der Waals surface area contributed by atoms with Crippen LogP contribution in [0.1, 0.15) is 39.7 Å². The Bertz CT molecular complexity index is 427. The summed E-state index contributed by atoms with van der Waals surface area (Å²) in [5.74, 6) is -0.116. The molecule has 0 bridgehead atoms. The molecule has 0 aliphatic rings. The maximum atomic E-state index is 12.4. The van der Waals surface area contributed by atoms with Gasteiger partial charge in [0.15, 0.2) is 0 Å². The van der Waals surface area contributed by atoms with Gasteiger partial charge in [0.1, 0.15) is 5.75 Å². The molecule has 1 aromatic carbocycles. The van der Waals surface area contributed by atoms with Crippen LogP contribution in [-0.2, 0) is 5.41 Å². The van der Waals surface area contributed by atoms with E-state index in [-0.39, 0.29) is 5.75 Å². The van der Waals surface area contributed by atoms with Gasteiger partial charge in [-0.3, -0.25) is 0 Å². The maximum absolute atomic E-state index is 12.4. The van der Waals surface area contributed by atoms with E-state index in [0.29, 0.717) is 11.6 Å². The highest BCUT2D eigenvalue weighted by Gasteiger charge is 2.34. The molecule has 0 aliphatic carbocycles. The third kappa shape index (κ3) is 5.41. The summed E-state index contributed by atoms with van der Waals surface area (Å²) in [7, 11) is 0. The number of alkyl halides is 3. The Balaban J connectivity index is 2.88. The van der Waals surface area contributed by atoms with Crippen LogP contribution < -0.4 is 10.1 Å². The molecule has 1 rings (SSSR count). The van der Waals surface area contributed by atoms with Crippen LogP contribution in [0.15, 0.2) is 24.3 Å². The fourth-order valence-corrected chi connectivity index (χ4v) is 2.05.